The molecular formula is C26H38Cl2N2O2. The highest BCUT2D eigenvalue weighted by atomic mass is 35.5. The average molecular weight is 482 g/mol. The third-order valence-electron chi connectivity index (χ3n) is 5.59. The Labute approximate surface area is 205 Å². The molecule has 0 aliphatic carbocycles. The molecule has 0 fully saturated rings. The molecule has 0 unspecified atom stereocenters. The summed E-state index contributed by atoms with van der Waals surface area (Å²) in [4.78, 5) is 7.23. The Kier molecular flexibility index (Phi) is 15.9. The van der Waals surface area contributed by atoms with E-state index in [0.717, 1.165) is 50.3 Å². The van der Waals surface area contributed by atoms with Gasteiger partial charge in [-0.3, -0.25) is 0 Å². The van der Waals surface area contributed by atoms with E-state index in [1.54, 1.807) is 0 Å². The maximum Gasteiger partial charge on any atom is 0.201 e. The van der Waals surface area contributed by atoms with Crippen LogP contribution in [-0.4, -0.2) is 25.0 Å². The Balaban J connectivity index is 2.72. The zero-order valence-electron chi connectivity index (χ0n) is 19.8. The number of hydrogen-bond donors (Lipinski definition) is 0. The van der Waals surface area contributed by atoms with Gasteiger partial charge < -0.3 is 9.47 Å². The fourth-order valence-electron chi connectivity index (χ4n) is 3.69. The van der Waals surface area contributed by atoms with Crippen molar-refractivity contribution >= 4 is 34.6 Å². The highest BCUT2D eigenvalue weighted by Gasteiger charge is 2.22. The van der Waals surface area contributed by atoms with E-state index in [2.05, 4.69) is 9.69 Å². The summed E-state index contributed by atoms with van der Waals surface area (Å²) in [6.45, 7) is 20.0. The van der Waals surface area contributed by atoms with Gasteiger partial charge in [0.05, 0.1) is 26.4 Å². The maximum atomic E-state index is 7.55. The lowest BCUT2D eigenvalue weighted by Crippen LogP contribution is -2.06. The number of alkyl halides is 2. The van der Waals surface area contributed by atoms with Gasteiger partial charge in [0.25, 0.3) is 0 Å². The molecule has 1 aromatic rings. The minimum Gasteiger partial charge on any atom is -0.491 e. The average Bonchev–Trinajstić information content (AvgIpc) is 2.80. The van der Waals surface area contributed by atoms with Crippen LogP contribution < -0.4 is 9.47 Å². The van der Waals surface area contributed by atoms with Crippen molar-refractivity contribution in [1.29, 1.82) is 0 Å². The lowest BCUT2D eigenvalue weighted by Gasteiger charge is -2.20. The van der Waals surface area contributed by atoms with Gasteiger partial charge in [-0.25, -0.2) is 9.69 Å². The molecule has 0 radical (unpaired) electrons. The first-order chi connectivity index (χ1) is 15.6. The van der Waals surface area contributed by atoms with Gasteiger partial charge >= 0.3 is 0 Å². The van der Waals surface area contributed by atoms with Crippen LogP contribution in [0.15, 0.2) is 0 Å². The van der Waals surface area contributed by atoms with E-state index < -0.39 is 0 Å². The quantitative estimate of drug-likeness (QED) is 0.119. The summed E-state index contributed by atoms with van der Waals surface area (Å²) in [5.74, 6) is 2.74. The third kappa shape index (κ3) is 9.89. The summed E-state index contributed by atoms with van der Waals surface area (Å²) in [6.07, 6.45) is 13.4. The molecule has 0 aromatic heterocycles. The van der Waals surface area contributed by atoms with Gasteiger partial charge in [-0.2, -0.15) is 0 Å². The maximum absolute atomic E-state index is 7.55. The molecule has 0 aliphatic heterocycles. The number of ether oxygens (including phenoxy) is 2. The molecule has 1 rings (SSSR count). The Morgan fingerprint density at radius 1 is 0.562 bits per heavy atom. The monoisotopic (exact) mass is 480 g/mol. The summed E-state index contributed by atoms with van der Waals surface area (Å²) in [5.41, 5.74) is 2.16. The third-order valence-corrected chi connectivity index (χ3v) is 6.13. The predicted octanol–water partition coefficient (Wildman–Crippen LogP) is 9.32. The molecular weight excluding hydrogens is 443 g/mol. The largest absolute Gasteiger partial charge is 0.491 e. The van der Waals surface area contributed by atoms with Crippen molar-refractivity contribution in [2.75, 3.05) is 25.0 Å². The predicted molar refractivity (Wildman–Crippen MR) is 136 cm³/mol. The van der Waals surface area contributed by atoms with Crippen LogP contribution in [-0.2, 0) is 0 Å². The Hall–Kier alpha value is -1.62. The van der Waals surface area contributed by atoms with Gasteiger partial charge in [0.1, 0.15) is 0 Å². The molecule has 0 saturated carbocycles. The van der Waals surface area contributed by atoms with E-state index >= 15 is 0 Å². The summed E-state index contributed by atoms with van der Waals surface area (Å²) < 4.78 is 12.3. The lowest BCUT2D eigenvalue weighted by atomic mass is 10.0. The summed E-state index contributed by atoms with van der Waals surface area (Å²) in [7, 11) is 0. The second-order valence-corrected chi connectivity index (χ2v) is 8.90. The fourth-order valence-corrected chi connectivity index (χ4v) is 4.07. The molecule has 0 atom stereocenters. The van der Waals surface area contributed by atoms with Gasteiger partial charge in [-0.1, -0.05) is 51.4 Å². The van der Waals surface area contributed by atoms with Crippen LogP contribution in [0.2, 0.25) is 0 Å². The van der Waals surface area contributed by atoms with Gasteiger partial charge in [-0.15, -0.1) is 23.2 Å². The highest BCUT2D eigenvalue weighted by molar-refractivity contribution is 6.18. The first-order valence-corrected chi connectivity index (χ1v) is 13.0. The molecule has 0 N–H and O–H groups in total. The van der Waals surface area contributed by atoms with Crippen LogP contribution in [0.4, 0.5) is 11.4 Å². The molecule has 0 amide bonds. The summed E-state index contributed by atoms with van der Waals surface area (Å²) in [6, 6.07) is 0. The Morgan fingerprint density at radius 2 is 0.875 bits per heavy atom. The standard InChI is InChI=1S/C26H38Cl2N2O2/c1-21-23(29-3)24(30-4)22(2)26(32-20-16-12-8-6-10-14-18-28)25(21)31-19-15-11-7-5-9-13-17-27/h5-20H2,1-2H3. The van der Waals surface area contributed by atoms with E-state index in [1.165, 1.54) is 38.5 Å². The minimum absolute atomic E-state index is 0.375. The molecule has 0 heterocycles. The van der Waals surface area contributed by atoms with Gasteiger partial charge in [0.15, 0.2) is 11.5 Å². The van der Waals surface area contributed by atoms with E-state index in [-0.39, 0.29) is 0 Å². The fraction of sp³-hybridized carbons (Fsp3) is 0.692. The van der Waals surface area contributed by atoms with Crippen molar-refractivity contribution in [3.05, 3.63) is 34.0 Å². The van der Waals surface area contributed by atoms with E-state index in [0.29, 0.717) is 47.2 Å². The van der Waals surface area contributed by atoms with Crippen LogP contribution >= 0.6 is 23.2 Å². The van der Waals surface area contributed by atoms with Crippen LogP contribution in [0.1, 0.15) is 88.2 Å². The first kappa shape index (κ1) is 28.4. The SMILES string of the molecule is [C-]#[N+]c1c(C)c(OCCCCCCCCCl)c(OCCCCCCCCCl)c(C)c1[N+]#[C-]. The van der Waals surface area contributed by atoms with Crippen LogP contribution in [0, 0.1) is 27.0 Å². The number of unbranched alkanes of at least 4 members (excludes halogenated alkanes) is 10. The van der Waals surface area contributed by atoms with E-state index in [1.807, 2.05) is 13.8 Å². The molecule has 0 spiro atoms. The molecule has 0 bridgehead atoms. The van der Waals surface area contributed by atoms with Crippen molar-refractivity contribution < 1.29 is 9.47 Å². The Morgan fingerprint density at radius 3 is 1.19 bits per heavy atom. The molecule has 32 heavy (non-hydrogen) atoms. The van der Waals surface area contributed by atoms with E-state index in [9.17, 15) is 0 Å². The molecule has 0 aliphatic rings. The lowest BCUT2D eigenvalue weighted by molar-refractivity contribution is 0.256. The molecule has 1 aromatic carbocycles. The van der Waals surface area contributed by atoms with Crippen molar-refractivity contribution in [2.24, 2.45) is 0 Å². The number of benzene rings is 1. The van der Waals surface area contributed by atoms with Gasteiger partial charge in [0.2, 0.25) is 11.4 Å². The normalized spacial score (nSPS) is 10.6. The molecule has 178 valence electrons. The molecule has 4 nitrogen and oxygen atoms in total. The van der Waals surface area contributed by atoms with Gasteiger partial charge in [-0.05, 0) is 50.7 Å². The first-order valence-electron chi connectivity index (χ1n) is 11.9. The summed E-state index contributed by atoms with van der Waals surface area (Å²) in [5, 5.41) is 0. The molecule has 0 saturated heterocycles. The summed E-state index contributed by atoms with van der Waals surface area (Å²) >= 11 is 11.4. The second kappa shape index (κ2) is 17.9. The van der Waals surface area contributed by atoms with Crippen LogP contribution in [0.5, 0.6) is 11.5 Å². The number of halogens is 2. The second-order valence-electron chi connectivity index (χ2n) is 8.15. The highest BCUT2D eigenvalue weighted by Crippen LogP contribution is 2.48. The van der Waals surface area contributed by atoms with Crippen molar-refractivity contribution in [1.82, 2.24) is 0 Å². The van der Waals surface area contributed by atoms with Crippen molar-refractivity contribution in [2.45, 2.75) is 90.9 Å². The van der Waals surface area contributed by atoms with Crippen molar-refractivity contribution in [3.63, 3.8) is 0 Å². The smallest absolute Gasteiger partial charge is 0.201 e. The Bertz CT molecular complexity index is 691. The minimum atomic E-state index is 0.375. The zero-order valence-corrected chi connectivity index (χ0v) is 21.3. The topological polar surface area (TPSA) is 27.2 Å². The van der Waals surface area contributed by atoms with Gasteiger partial charge in [0, 0.05) is 11.8 Å². The zero-order chi connectivity index (χ0) is 23.6. The number of hydrogen-bond acceptors (Lipinski definition) is 2. The number of nitrogens with zero attached hydrogens (tertiary/aromatic N) is 2. The number of rotatable bonds is 18. The van der Waals surface area contributed by atoms with Crippen LogP contribution in [0.25, 0.3) is 9.69 Å². The van der Waals surface area contributed by atoms with Crippen LogP contribution in [0.3, 0.4) is 0 Å². The molecule has 6 heteroatoms. The van der Waals surface area contributed by atoms with E-state index in [4.69, 9.17) is 45.8 Å². The van der Waals surface area contributed by atoms with Crippen molar-refractivity contribution in [3.8, 4) is 11.5 Å².